The lowest BCUT2D eigenvalue weighted by Gasteiger charge is -2.41. The number of pyridine rings is 1. The molecule has 0 spiro atoms. The number of aromatic nitrogens is 2. The zero-order chi connectivity index (χ0) is 23.5. The number of piperazine rings is 1. The van der Waals surface area contributed by atoms with E-state index in [4.69, 9.17) is 0 Å². The maximum Gasteiger partial charge on any atom is 0.433 e. The first-order chi connectivity index (χ1) is 15.6. The monoisotopic (exact) mass is 464 g/mol. The fourth-order valence-electron chi connectivity index (χ4n) is 5.10. The summed E-state index contributed by atoms with van der Waals surface area (Å²) in [6.45, 7) is 2.16. The third-order valence-electron chi connectivity index (χ3n) is 7.20. The molecule has 2 aromatic rings. The Morgan fingerprint density at radius 3 is 2.39 bits per heavy atom. The predicted octanol–water partition coefficient (Wildman–Crippen LogP) is 3.13. The van der Waals surface area contributed by atoms with E-state index in [1.165, 1.54) is 4.90 Å². The van der Waals surface area contributed by atoms with Gasteiger partial charge in [-0.1, -0.05) is 0 Å². The van der Waals surface area contributed by atoms with Crippen LogP contribution in [0.2, 0.25) is 0 Å². The van der Waals surface area contributed by atoms with E-state index < -0.39 is 17.8 Å². The molecule has 178 valence electrons. The number of halogens is 3. The van der Waals surface area contributed by atoms with Gasteiger partial charge in [-0.05, 0) is 69.1 Å². The quantitative estimate of drug-likeness (QED) is 0.757. The van der Waals surface area contributed by atoms with Crippen LogP contribution < -0.4 is 0 Å². The lowest BCUT2D eigenvalue weighted by molar-refractivity contribution is -0.142. The zero-order valence-corrected chi connectivity index (χ0v) is 18.4. The molecule has 33 heavy (non-hydrogen) atoms. The third kappa shape index (κ3) is 4.09. The van der Waals surface area contributed by atoms with Gasteiger partial charge in [0.25, 0.3) is 5.91 Å². The van der Waals surface area contributed by atoms with Crippen molar-refractivity contribution in [1.82, 2.24) is 19.4 Å². The number of aryl methyl sites for hydroxylation is 1. The maximum absolute atomic E-state index is 13.8. The number of rotatable bonds is 3. The Morgan fingerprint density at radius 1 is 1.09 bits per heavy atom. The average molecular weight is 464 g/mol. The Bertz CT molecular complexity index is 1100. The van der Waals surface area contributed by atoms with Crippen LogP contribution in [0.25, 0.3) is 5.52 Å². The topological polar surface area (TPSA) is 78.2 Å². The Kier molecular flexibility index (Phi) is 5.38. The highest BCUT2D eigenvalue weighted by atomic mass is 19.4. The van der Waals surface area contributed by atoms with Crippen LogP contribution in [0.4, 0.5) is 13.2 Å². The van der Waals surface area contributed by atoms with Crippen LogP contribution in [0.5, 0.6) is 0 Å². The number of amides is 2. The van der Waals surface area contributed by atoms with Gasteiger partial charge in [-0.25, -0.2) is 4.52 Å². The van der Waals surface area contributed by atoms with E-state index in [9.17, 15) is 27.9 Å². The highest BCUT2D eigenvalue weighted by molar-refractivity contribution is 5.98. The second-order valence-corrected chi connectivity index (χ2v) is 9.49. The number of hydrogen-bond acceptors (Lipinski definition) is 4. The highest BCUT2D eigenvalue weighted by Crippen LogP contribution is 2.43. The van der Waals surface area contributed by atoms with E-state index in [-0.39, 0.29) is 41.7 Å². The fourth-order valence-corrected chi connectivity index (χ4v) is 5.10. The molecule has 2 aliphatic carbocycles. The van der Waals surface area contributed by atoms with Crippen molar-refractivity contribution >= 4 is 17.3 Å². The van der Waals surface area contributed by atoms with Crippen LogP contribution >= 0.6 is 0 Å². The Hall–Kier alpha value is -2.62. The van der Waals surface area contributed by atoms with Crippen molar-refractivity contribution in [3.05, 3.63) is 34.6 Å². The van der Waals surface area contributed by atoms with Crippen molar-refractivity contribution in [1.29, 1.82) is 0 Å². The number of aliphatic hydroxyl groups is 1. The maximum atomic E-state index is 13.8. The fraction of sp³-hybridized carbons (Fsp3) is 0.609. The first-order valence-electron chi connectivity index (χ1n) is 11.5. The summed E-state index contributed by atoms with van der Waals surface area (Å²) in [5, 5.41) is 13.8. The van der Waals surface area contributed by atoms with E-state index in [0.29, 0.717) is 37.1 Å². The third-order valence-corrected chi connectivity index (χ3v) is 7.20. The molecule has 0 atom stereocenters. The summed E-state index contributed by atoms with van der Waals surface area (Å²) in [5.41, 5.74) is 0.364. The minimum absolute atomic E-state index is 0.0458. The Labute approximate surface area is 189 Å². The van der Waals surface area contributed by atoms with Crippen LogP contribution in [0.15, 0.2) is 12.1 Å². The SMILES string of the molecule is Cc1c(C(=O)N2CCN(C3CCC(O)CC3)C(=O)C2)nn2c(C(F)(F)F)cc(C3CC3)cc12. The van der Waals surface area contributed by atoms with Gasteiger partial charge in [0.1, 0.15) is 12.2 Å². The van der Waals surface area contributed by atoms with Gasteiger partial charge in [0, 0.05) is 24.7 Å². The van der Waals surface area contributed by atoms with E-state index in [1.807, 2.05) is 0 Å². The predicted molar refractivity (Wildman–Crippen MR) is 113 cm³/mol. The molecule has 2 amide bonds. The van der Waals surface area contributed by atoms with Crippen molar-refractivity contribution < 1.29 is 27.9 Å². The second kappa shape index (κ2) is 8.00. The molecule has 2 aromatic heterocycles. The number of nitrogens with zero attached hydrogens (tertiary/aromatic N) is 4. The summed E-state index contributed by atoms with van der Waals surface area (Å²) in [6.07, 6.45) is -0.427. The molecule has 2 saturated carbocycles. The van der Waals surface area contributed by atoms with Crippen LogP contribution in [0.3, 0.4) is 0 Å². The minimum atomic E-state index is -4.60. The Balaban J connectivity index is 1.40. The van der Waals surface area contributed by atoms with Gasteiger partial charge >= 0.3 is 6.18 Å². The van der Waals surface area contributed by atoms with Gasteiger partial charge in [-0.2, -0.15) is 18.3 Å². The van der Waals surface area contributed by atoms with Gasteiger partial charge < -0.3 is 14.9 Å². The molecule has 0 radical (unpaired) electrons. The van der Waals surface area contributed by atoms with Gasteiger partial charge in [0.15, 0.2) is 5.69 Å². The van der Waals surface area contributed by atoms with E-state index in [2.05, 4.69) is 5.10 Å². The number of hydrogen-bond donors (Lipinski definition) is 1. The normalized spacial score (nSPS) is 24.6. The molecule has 10 heteroatoms. The smallest absolute Gasteiger partial charge is 0.393 e. The van der Waals surface area contributed by atoms with Gasteiger partial charge in [0.2, 0.25) is 5.91 Å². The number of alkyl halides is 3. The largest absolute Gasteiger partial charge is 0.433 e. The molecule has 7 nitrogen and oxygen atoms in total. The molecular weight excluding hydrogens is 437 g/mol. The van der Waals surface area contributed by atoms with Gasteiger partial charge in [-0.15, -0.1) is 0 Å². The molecule has 1 saturated heterocycles. The first-order valence-corrected chi connectivity index (χ1v) is 11.5. The van der Waals surface area contributed by atoms with Gasteiger partial charge in [0.05, 0.1) is 11.6 Å². The number of carbonyl (C=O) groups excluding carboxylic acids is 2. The summed E-state index contributed by atoms with van der Waals surface area (Å²) >= 11 is 0. The summed E-state index contributed by atoms with van der Waals surface area (Å²) in [4.78, 5) is 29.2. The minimum Gasteiger partial charge on any atom is -0.393 e. The van der Waals surface area contributed by atoms with Gasteiger partial charge in [-0.3, -0.25) is 9.59 Å². The average Bonchev–Trinajstić information content (AvgIpc) is 3.57. The van der Waals surface area contributed by atoms with Crippen molar-refractivity contribution in [2.45, 2.75) is 69.7 Å². The molecule has 0 unspecified atom stereocenters. The number of carbonyl (C=O) groups is 2. The molecule has 3 fully saturated rings. The van der Waals surface area contributed by atoms with E-state index in [0.717, 1.165) is 36.3 Å². The molecule has 3 heterocycles. The van der Waals surface area contributed by atoms with Crippen molar-refractivity contribution in [3.63, 3.8) is 0 Å². The molecule has 5 rings (SSSR count). The lowest BCUT2D eigenvalue weighted by atomic mass is 9.91. The van der Waals surface area contributed by atoms with Crippen LogP contribution in [-0.2, 0) is 11.0 Å². The Morgan fingerprint density at radius 2 is 1.79 bits per heavy atom. The molecule has 3 aliphatic rings. The molecule has 1 aliphatic heterocycles. The van der Waals surface area contributed by atoms with E-state index in [1.54, 1.807) is 17.9 Å². The lowest BCUT2D eigenvalue weighted by Crippen LogP contribution is -2.56. The van der Waals surface area contributed by atoms with Crippen LogP contribution in [-0.4, -0.2) is 68.1 Å². The van der Waals surface area contributed by atoms with E-state index >= 15 is 0 Å². The summed E-state index contributed by atoms with van der Waals surface area (Å²) in [6, 6.07) is 2.90. The van der Waals surface area contributed by atoms with Crippen molar-refractivity contribution in [2.24, 2.45) is 0 Å². The summed E-state index contributed by atoms with van der Waals surface area (Å²) in [5.74, 6) is -0.579. The van der Waals surface area contributed by atoms with Crippen LogP contribution in [0.1, 0.15) is 71.8 Å². The molecule has 0 bridgehead atoms. The highest BCUT2D eigenvalue weighted by Gasteiger charge is 2.39. The summed E-state index contributed by atoms with van der Waals surface area (Å²) in [7, 11) is 0. The molecular formula is C23H27F3N4O3. The number of aliphatic hydroxyl groups excluding tert-OH is 1. The summed E-state index contributed by atoms with van der Waals surface area (Å²) < 4.78 is 42.1. The zero-order valence-electron chi connectivity index (χ0n) is 18.4. The molecule has 0 aromatic carbocycles. The second-order valence-electron chi connectivity index (χ2n) is 9.49. The standard InChI is InChI=1S/C23H27F3N4O3/c1-13-18-10-15(14-2-3-14)11-19(23(24,25)26)30(18)27-21(13)22(33)28-8-9-29(20(32)12-28)16-4-6-17(31)7-5-16/h10-11,14,16-17,31H,2-9,12H2,1H3. The van der Waals surface area contributed by atoms with Crippen LogP contribution in [0, 0.1) is 6.92 Å². The number of fused-ring (bicyclic) bond motifs is 1. The molecule has 1 N–H and O–H groups in total. The van der Waals surface area contributed by atoms with Crippen molar-refractivity contribution in [2.75, 3.05) is 19.6 Å². The first kappa shape index (κ1) is 22.2. The van der Waals surface area contributed by atoms with Crippen molar-refractivity contribution in [3.8, 4) is 0 Å².